The number of benzene rings is 2. The molecule has 0 aliphatic heterocycles. The number of anilines is 1. The van der Waals surface area contributed by atoms with Crippen molar-refractivity contribution in [3.8, 4) is 22.8 Å². The molecule has 0 aliphatic rings. The summed E-state index contributed by atoms with van der Waals surface area (Å²) >= 11 is 1.37. The van der Waals surface area contributed by atoms with E-state index in [1.165, 1.54) is 16.9 Å². The highest BCUT2D eigenvalue weighted by atomic mass is 32.1. The highest BCUT2D eigenvalue weighted by Gasteiger charge is 2.10. The van der Waals surface area contributed by atoms with Crippen LogP contribution in [0, 0.1) is 0 Å². The standard InChI is InChI=1S/C21H22N2O3S/c1-14(2)15-7-9-17(10-8-15)26-12-20(24)23-21-22-19(13-27-21)16-5-4-6-18(11-16)25-3/h4-11,13-14H,12H2,1-3H3,(H,22,23,24). The van der Waals surface area contributed by atoms with Crippen molar-refractivity contribution in [3.63, 3.8) is 0 Å². The summed E-state index contributed by atoms with van der Waals surface area (Å²) in [6.45, 7) is 4.21. The van der Waals surface area contributed by atoms with Crippen LogP contribution in [0.2, 0.25) is 0 Å². The Bertz CT molecular complexity index is 904. The molecule has 27 heavy (non-hydrogen) atoms. The third kappa shape index (κ3) is 5.08. The normalized spacial score (nSPS) is 10.7. The van der Waals surface area contributed by atoms with E-state index in [-0.39, 0.29) is 12.5 Å². The van der Waals surface area contributed by atoms with Crippen molar-refractivity contribution in [1.82, 2.24) is 4.98 Å². The summed E-state index contributed by atoms with van der Waals surface area (Å²) in [5.74, 6) is 1.66. The van der Waals surface area contributed by atoms with Crippen molar-refractivity contribution < 1.29 is 14.3 Å². The van der Waals surface area contributed by atoms with Gasteiger partial charge in [-0.15, -0.1) is 11.3 Å². The van der Waals surface area contributed by atoms with Crippen LogP contribution < -0.4 is 14.8 Å². The monoisotopic (exact) mass is 382 g/mol. The molecule has 0 unspecified atom stereocenters. The molecule has 1 aromatic heterocycles. The van der Waals surface area contributed by atoms with Crippen LogP contribution in [0.3, 0.4) is 0 Å². The third-order valence-corrected chi connectivity index (χ3v) is 4.79. The highest BCUT2D eigenvalue weighted by Crippen LogP contribution is 2.27. The van der Waals surface area contributed by atoms with Crippen LogP contribution >= 0.6 is 11.3 Å². The van der Waals surface area contributed by atoms with Gasteiger partial charge in [-0.1, -0.05) is 38.1 Å². The Kier molecular flexibility index (Phi) is 6.08. The predicted molar refractivity (Wildman–Crippen MR) is 109 cm³/mol. The molecule has 3 rings (SSSR count). The zero-order chi connectivity index (χ0) is 19.2. The molecule has 1 heterocycles. The molecule has 1 N–H and O–H groups in total. The van der Waals surface area contributed by atoms with Crippen molar-refractivity contribution in [1.29, 1.82) is 0 Å². The summed E-state index contributed by atoms with van der Waals surface area (Å²) in [4.78, 5) is 16.6. The van der Waals surface area contributed by atoms with Crippen LogP contribution in [0.4, 0.5) is 5.13 Å². The number of hydrogen-bond donors (Lipinski definition) is 1. The van der Waals surface area contributed by atoms with Gasteiger partial charge >= 0.3 is 0 Å². The number of thiazole rings is 1. The van der Waals surface area contributed by atoms with Crippen molar-refractivity contribution in [2.45, 2.75) is 19.8 Å². The summed E-state index contributed by atoms with van der Waals surface area (Å²) in [6, 6.07) is 15.4. The number of aromatic nitrogens is 1. The lowest BCUT2D eigenvalue weighted by atomic mass is 10.0. The third-order valence-electron chi connectivity index (χ3n) is 4.03. The molecule has 2 aromatic carbocycles. The number of carbonyl (C=O) groups is 1. The van der Waals surface area contributed by atoms with E-state index in [4.69, 9.17) is 9.47 Å². The second kappa shape index (κ2) is 8.68. The minimum absolute atomic E-state index is 0.0604. The first kappa shape index (κ1) is 18.9. The first-order valence-corrected chi connectivity index (χ1v) is 9.55. The zero-order valence-electron chi connectivity index (χ0n) is 15.6. The largest absolute Gasteiger partial charge is 0.497 e. The number of carbonyl (C=O) groups excluding carboxylic acids is 1. The SMILES string of the molecule is COc1cccc(-c2csc(NC(=O)COc3ccc(C(C)C)cc3)n2)c1. The molecule has 0 saturated heterocycles. The van der Waals surface area contributed by atoms with E-state index in [0.717, 1.165) is 17.0 Å². The fraction of sp³-hybridized carbons (Fsp3) is 0.238. The lowest BCUT2D eigenvalue weighted by Crippen LogP contribution is -2.20. The lowest BCUT2D eigenvalue weighted by molar-refractivity contribution is -0.118. The molecule has 0 aliphatic carbocycles. The average molecular weight is 382 g/mol. The van der Waals surface area contributed by atoms with Gasteiger partial charge in [-0.25, -0.2) is 4.98 Å². The maximum Gasteiger partial charge on any atom is 0.264 e. The van der Waals surface area contributed by atoms with Gasteiger partial charge in [-0.2, -0.15) is 0 Å². The first-order valence-electron chi connectivity index (χ1n) is 8.67. The summed E-state index contributed by atoms with van der Waals surface area (Å²) in [5.41, 5.74) is 2.96. The van der Waals surface area contributed by atoms with Gasteiger partial charge in [0.05, 0.1) is 12.8 Å². The Morgan fingerprint density at radius 2 is 1.93 bits per heavy atom. The van der Waals surface area contributed by atoms with Crippen molar-refractivity contribution >= 4 is 22.4 Å². The van der Waals surface area contributed by atoms with Crippen LogP contribution in [-0.2, 0) is 4.79 Å². The fourth-order valence-electron chi connectivity index (χ4n) is 2.50. The Morgan fingerprint density at radius 1 is 1.15 bits per heavy atom. The number of hydrogen-bond acceptors (Lipinski definition) is 5. The number of amides is 1. The van der Waals surface area contributed by atoms with Crippen molar-refractivity contribution in [2.75, 3.05) is 19.0 Å². The quantitative estimate of drug-likeness (QED) is 0.627. The molecule has 0 fully saturated rings. The zero-order valence-corrected chi connectivity index (χ0v) is 16.4. The second-order valence-corrected chi connectivity index (χ2v) is 7.19. The topological polar surface area (TPSA) is 60.5 Å². The summed E-state index contributed by atoms with van der Waals surface area (Å²) in [7, 11) is 1.63. The Hall–Kier alpha value is -2.86. The van der Waals surface area contributed by atoms with Crippen LogP contribution in [0.5, 0.6) is 11.5 Å². The fourth-order valence-corrected chi connectivity index (χ4v) is 3.24. The molecule has 6 heteroatoms. The molecular formula is C21H22N2O3S. The van der Waals surface area contributed by atoms with Crippen LogP contribution in [0.15, 0.2) is 53.9 Å². The van der Waals surface area contributed by atoms with E-state index in [1.807, 2.05) is 53.9 Å². The van der Waals surface area contributed by atoms with Crippen LogP contribution in [-0.4, -0.2) is 24.6 Å². The molecule has 0 spiro atoms. The molecule has 0 radical (unpaired) electrons. The van der Waals surface area contributed by atoms with Crippen LogP contribution in [0.25, 0.3) is 11.3 Å². The molecule has 5 nitrogen and oxygen atoms in total. The van der Waals surface area contributed by atoms with Gasteiger partial charge in [-0.05, 0) is 35.7 Å². The number of nitrogens with one attached hydrogen (secondary N) is 1. The van der Waals surface area contributed by atoms with Gasteiger partial charge in [0.2, 0.25) is 0 Å². The van der Waals surface area contributed by atoms with Gasteiger partial charge in [0.1, 0.15) is 11.5 Å². The summed E-state index contributed by atoms with van der Waals surface area (Å²) in [5, 5.41) is 5.21. The van der Waals surface area contributed by atoms with Crippen molar-refractivity contribution in [3.05, 3.63) is 59.5 Å². The van der Waals surface area contributed by atoms with Crippen LogP contribution in [0.1, 0.15) is 25.3 Å². The molecular weight excluding hydrogens is 360 g/mol. The molecule has 3 aromatic rings. The smallest absolute Gasteiger partial charge is 0.264 e. The lowest BCUT2D eigenvalue weighted by Gasteiger charge is -2.08. The molecule has 140 valence electrons. The van der Waals surface area contributed by atoms with Gasteiger partial charge in [0, 0.05) is 10.9 Å². The molecule has 0 bridgehead atoms. The van der Waals surface area contributed by atoms with E-state index in [2.05, 4.69) is 24.1 Å². The Labute approximate surface area is 163 Å². The van der Waals surface area contributed by atoms with Gasteiger partial charge < -0.3 is 9.47 Å². The van der Waals surface area contributed by atoms with Gasteiger partial charge in [0.15, 0.2) is 11.7 Å². The van der Waals surface area contributed by atoms with E-state index in [0.29, 0.717) is 16.8 Å². The Balaban J connectivity index is 1.56. The minimum atomic E-state index is -0.241. The summed E-state index contributed by atoms with van der Waals surface area (Å²) in [6.07, 6.45) is 0. The second-order valence-electron chi connectivity index (χ2n) is 6.33. The van der Waals surface area contributed by atoms with Gasteiger partial charge in [-0.3, -0.25) is 10.1 Å². The van der Waals surface area contributed by atoms with E-state index >= 15 is 0 Å². The van der Waals surface area contributed by atoms with E-state index in [1.54, 1.807) is 7.11 Å². The number of nitrogens with zero attached hydrogens (tertiary/aromatic N) is 1. The van der Waals surface area contributed by atoms with Gasteiger partial charge in [0.25, 0.3) is 5.91 Å². The number of methoxy groups -OCH3 is 1. The maximum absolute atomic E-state index is 12.1. The van der Waals surface area contributed by atoms with Crippen molar-refractivity contribution in [2.24, 2.45) is 0 Å². The average Bonchev–Trinajstić information content (AvgIpc) is 3.15. The number of rotatable bonds is 7. The molecule has 0 saturated carbocycles. The van der Waals surface area contributed by atoms with E-state index < -0.39 is 0 Å². The van der Waals surface area contributed by atoms with E-state index in [9.17, 15) is 4.79 Å². The molecule has 1 amide bonds. The number of ether oxygens (including phenoxy) is 2. The minimum Gasteiger partial charge on any atom is -0.497 e. The maximum atomic E-state index is 12.1. The predicted octanol–water partition coefficient (Wildman–Crippen LogP) is 4.96. The Morgan fingerprint density at radius 3 is 2.63 bits per heavy atom. The highest BCUT2D eigenvalue weighted by molar-refractivity contribution is 7.14. The first-order chi connectivity index (χ1) is 13.0. The molecule has 0 atom stereocenters. The summed E-state index contributed by atoms with van der Waals surface area (Å²) < 4.78 is 10.8.